The van der Waals surface area contributed by atoms with Crippen molar-refractivity contribution in [3.05, 3.63) is 29.8 Å². The van der Waals surface area contributed by atoms with E-state index in [1.54, 1.807) is 12.0 Å². The van der Waals surface area contributed by atoms with E-state index >= 15 is 0 Å². The lowest BCUT2D eigenvalue weighted by atomic mass is 9.94. The fourth-order valence-corrected chi connectivity index (χ4v) is 2.69. The third kappa shape index (κ3) is 3.54. The molecule has 0 aromatic heterocycles. The highest BCUT2D eigenvalue weighted by Gasteiger charge is 2.30. The average Bonchev–Trinajstić information content (AvgIpc) is 2.53. The standard InChI is InChI=1S/C16H21NO4/c1-11(12-5-7-14(21-2)8-6-12)15(18)17-9-3-4-13(10-17)16(19)20/h5-8,11,13H,3-4,9-10H2,1-2H3,(H,19,20)/t11?,13-/m0/s1. The maximum atomic E-state index is 12.5. The van der Waals surface area contributed by atoms with Gasteiger partial charge in [-0.25, -0.2) is 0 Å². The smallest absolute Gasteiger partial charge is 0.308 e. The minimum Gasteiger partial charge on any atom is -0.497 e. The molecule has 1 aliphatic rings. The number of hydrogen-bond acceptors (Lipinski definition) is 3. The molecule has 5 heteroatoms. The molecule has 1 aliphatic heterocycles. The molecular formula is C16H21NO4. The molecule has 2 atom stereocenters. The maximum absolute atomic E-state index is 12.5. The number of carbonyl (C=O) groups excluding carboxylic acids is 1. The van der Waals surface area contributed by atoms with Gasteiger partial charge in [0.25, 0.3) is 0 Å². The molecule has 1 aromatic rings. The molecule has 1 saturated heterocycles. The van der Waals surface area contributed by atoms with Crippen LogP contribution in [0.25, 0.3) is 0 Å². The van der Waals surface area contributed by atoms with Crippen LogP contribution in [-0.2, 0) is 9.59 Å². The van der Waals surface area contributed by atoms with Gasteiger partial charge in [0.05, 0.1) is 18.9 Å². The lowest BCUT2D eigenvalue weighted by molar-refractivity contribution is -0.146. The molecule has 0 aliphatic carbocycles. The Labute approximate surface area is 124 Å². The van der Waals surface area contributed by atoms with Gasteiger partial charge >= 0.3 is 5.97 Å². The van der Waals surface area contributed by atoms with Gasteiger partial charge in [0.1, 0.15) is 5.75 Å². The van der Waals surface area contributed by atoms with E-state index < -0.39 is 11.9 Å². The van der Waals surface area contributed by atoms with Crippen molar-refractivity contribution in [2.45, 2.75) is 25.7 Å². The highest BCUT2D eigenvalue weighted by molar-refractivity contribution is 5.84. The Kier molecular flexibility index (Phi) is 4.83. The number of carbonyl (C=O) groups is 2. The van der Waals surface area contributed by atoms with E-state index in [9.17, 15) is 9.59 Å². The molecule has 0 saturated carbocycles. The fourth-order valence-electron chi connectivity index (χ4n) is 2.69. The first-order valence-electron chi connectivity index (χ1n) is 7.18. The SMILES string of the molecule is COc1ccc(C(C)C(=O)N2CCC[C@H](C(=O)O)C2)cc1. The van der Waals surface area contributed by atoms with Crippen LogP contribution in [0.2, 0.25) is 0 Å². The number of benzene rings is 1. The summed E-state index contributed by atoms with van der Waals surface area (Å²) in [5.74, 6) is -0.785. The molecule has 1 N–H and O–H groups in total. The molecule has 0 spiro atoms. The minimum absolute atomic E-state index is 0.00823. The lowest BCUT2D eigenvalue weighted by Crippen LogP contribution is -2.43. The number of rotatable bonds is 4. The molecule has 2 rings (SSSR count). The van der Waals surface area contributed by atoms with Crippen LogP contribution in [0, 0.1) is 5.92 Å². The Balaban J connectivity index is 2.05. The van der Waals surface area contributed by atoms with E-state index in [0.29, 0.717) is 19.5 Å². The van der Waals surface area contributed by atoms with E-state index in [0.717, 1.165) is 17.7 Å². The second-order valence-electron chi connectivity index (χ2n) is 5.46. The summed E-state index contributed by atoms with van der Waals surface area (Å²) in [5, 5.41) is 9.10. The van der Waals surface area contributed by atoms with Crippen molar-refractivity contribution in [3.8, 4) is 5.75 Å². The number of aliphatic carboxylic acids is 1. The summed E-state index contributed by atoms with van der Waals surface area (Å²) < 4.78 is 5.11. The van der Waals surface area contributed by atoms with Gasteiger partial charge < -0.3 is 14.7 Å². The number of carboxylic acid groups (broad SMARTS) is 1. The summed E-state index contributed by atoms with van der Waals surface area (Å²) in [7, 11) is 1.60. The van der Waals surface area contributed by atoms with Gasteiger partial charge in [-0.15, -0.1) is 0 Å². The lowest BCUT2D eigenvalue weighted by Gasteiger charge is -2.32. The Hall–Kier alpha value is -2.04. The Morgan fingerprint density at radius 3 is 2.57 bits per heavy atom. The Bertz CT molecular complexity index is 512. The van der Waals surface area contributed by atoms with Crippen LogP contribution in [0.3, 0.4) is 0 Å². The van der Waals surface area contributed by atoms with Gasteiger partial charge in [-0.05, 0) is 37.5 Å². The van der Waals surface area contributed by atoms with Crippen LogP contribution < -0.4 is 4.74 Å². The number of methoxy groups -OCH3 is 1. The van der Waals surface area contributed by atoms with Crippen LogP contribution in [0.4, 0.5) is 0 Å². The zero-order chi connectivity index (χ0) is 15.4. The molecule has 1 unspecified atom stereocenters. The van der Waals surface area contributed by atoms with Crippen LogP contribution in [-0.4, -0.2) is 42.1 Å². The highest BCUT2D eigenvalue weighted by Crippen LogP contribution is 2.24. The molecule has 0 radical (unpaired) electrons. The van der Waals surface area contributed by atoms with Gasteiger partial charge in [-0.2, -0.15) is 0 Å². The number of likely N-dealkylation sites (tertiary alicyclic amines) is 1. The van der Waals surface area contributed by atoms with E-state index in [4.69, 9.17) is 9.84 Å². The normalized spacial score (nSPS) is 19.9. The fraction of sp³-hybridized carbons (Fsp3) is 0.500. The maximum Gasteiger partial charge on any atom is 0.308 e. The van der Waals surface area contributed by atoms with Crippen molar-refractivity contribution in [3.63, 3.8) is 0 Å². The van der Waals surface area contributed by atoms with Crippen LogP contribution in [0.1, 0.15) is 31.2 Å². The van der Waals surface area contributed by atoms with Crippen molar-refractivity contribution in [2.75, 3.05) is 20.2 Å². The number of amides is 1. The van der Waals surface area contributed by atoms with Crippen molar-refractivity contribution in [2.24, 2.45) is 5.92 Å². The predicted molar refractivity (Wildman–Crippen MR) is 78.3 cm³/mol. The minimum atomic E-state index is -0.815. The van der Waals surface area contributed by atoms with E-state index in [2.05, 4.69) is 0 Å². The summed E-state index contributed by atoms with van der Waals surface area (Å²) in [6, 6.07) is 7.41. The van der Waals surface area contributed by atoms with Gasteiger partial charge in [0.2, 0.25) is 5.91 Å². The molecule has 1 heterocycles. The monoisotopic (exact) mass is 291 g/mol. The largest absolute Gasteiger partial charge is 0.497 e. The van der Waals surface area contributed by atoms with Crippen molar-refractivity contribution < 1.29 is 19.4 Å². The number of nitrogens with zero attached hydrogens (tertiary/aromatic N) is 1. The molecule has 1 aromatic carbocycles. The summed E-state index contributed by atoms with van der Waals surface area (Å²) in [4.78, 5) is 25.3. The second-order valence-corrected chi connectivity index (χ2v) is 5.46. The number of ether oxygens (including phenoxy) is 1. The number of piperidine rings is 1. The summed E-state index contributed by atoms with van der Waals surface area (Å²) in [5.41, 5.74) is 0.915. The van der Waals surface area contributed by atoms with E-state index in [1.165, 1.54) is 0 Å². The third-order valence-electron chi connectivity index (χ3n) is 4.07. The summed E-state index contributed by atoms with van der Waals surface area (Å²) in [6.07, 6.45) is 1.40. The third-order valence-corrected chi connectivity index (χ3v) is 4.07. The predicted octanol–water partition coefficient (Wildman–Crippen LogP) is 2.12. The number of carboxylic acids is 1. The molecule has 1 amide bonds. The number of hydrogen-bond donors (Lipinski definition) is 1. The first-order chi connectivity index (χ1) is 10.0. The van der Waals surface area contributed by atoms with Gasteiger partial charge in [0.15, 0.2) is 0 Å². The van der Waals surface area contributed by atoms with Gasteiger partial charge in [0, 0.05) is 13.1 Å². The highest BCUT2D eigenvalue weighted by atomic mass is 16.5. The van der Waals surface area contributed by atoms with Crippen molar-refractivity contribution in [1.29, 1.82) is 0 Å². The second kappa shape index (κ2) is 6.61. The zero-order valence-electron chi connectivity index (χ0n) is 12.4. The van der Waals surface area contributed by atoms with Crippen LogP contribution in [0.15, 0.2) is 24.3 Å². The quantitative estimate of drug-likeness (QED) is 0.922. The molecule has 21 heavy (non-hydrogen) atoms. The van der Waals surface area contributed by atoms with Crippen molar-refractivity contribution in [1.82, 2.24) is 4.90 Å². The topological polar surface area (TPSA) is 66.8 Å². The van der Waals surface area contributed by atoms with E-state index in [-0.39, 0.29) is 11.8 Å². The first kappa shape index (κ1) is 15.4. The zero-order valence-corrected chi connectivity index (χ0v) is 12.4. The first-order valence-corrected chi connectivity index (χ1v) is 7.18. The van der Waals surface area contributed by atoms with Crippen LogP contribution >= 0.6 is 0 Å². The Morgan fingerprint density at radius 2 is 2.00 bits per heavy atom. The molecule has 5 nitrogen and oxygen atoms in total. The summed E-state index contributed by atoms with van der Waals surface area (Å²) >= 11 is 0. The molecule has 0 bridgehead atoms. The van der Waals surface area contributed by atoms with Crippen LogP contribution in [0.5, 0.6) is 5.75 Å². The van der Waals surface area contributed by atoms with Crippen molar-refractivity contribution >= 4 is 11.9 Å². The summed E-state index contributed by atoms with van der Waals surface area (Å²) in [6.45, 7) is 2.81. The Morgan fingerprint density at radius 1 is 1.33 bits per heavy atom. The molecular weight excluding hydrogens is 270 g/mol. The molecule has 114 valence electrons. The van der Waals surface area contributed by atoms with E-state index in [1.807, 2.05) is 31.2 Å². The van der Waals surface area contributed by atoms with Gasteiger partial charge in [-0.3, -0.25) is 9.59 Å². The molecule has 1 fully saturated rings. The van der Waals surface area contributed by atoms with Gasteiger partial charge in [-0.1, -0.05) is 12.1 Å². The average molecular weight is 291 g/mol.